The SMILES string of the molecule is Cc1ccc([N+](=O)[O-])c(NC2CCCCC2(C)C(=O)O)c1. The molecule has 21 heavy (non-hydrogen) atoms. The van der Waals surface area contributed by atoms with E-state index in [0.29, 0.717) is 18.5 Å². The Hall–Kier alpha value is -2.11. The van der Waals surface area contributed by atoms with E-state index in [-0.39, 0.29) is 11.7 Å². The molecule has 1 aliphatic rings. The van der Waals surface area contributed by atoms with Crippen LogP contribution in [0.2, 0.25) is 0 Å². The van der Waals surface area contributed by atoms with E-state index < -0.39 is 16.3 Å². The van der Waals surface area contributed by atoms with Gasteiger partial charge in [0.2, 0.25) is 0 Å². The van der Waals surface area contributed by atoms with E-state index in [2.05, 4.69) is 5.32 Å². The summed E-state index contributed by atoms with van der Waals surface area (Å²) in [5.74, 6) is -0.852. The second-order valence-corrected chi connectivity index (χ2v) is 5.94. The van der Waals surface area contributed by atoms with Crippen molar-refractivity contribution in [3.05, 3.63) is 33.9 Å². The monoisotopic (exact) mass is 292 g/mol. The number of aryl methyl sites for hydroxylation is 1. The summed E-state index contributed by atoms with van der Waals surface area (Å²) < 4.78 is 0. The second-order valence-electron chi connectivity index (χ2n) is 5.94. The van der Waals surface area contributed by atoms with Gasteiger partial charge in [-0.3, -0.25) is 14.9 Å². The molecule has 2 atom stereocenters. The van der Waals surface area contributed by atoms with Crippen molar-refractivity contribution in [3.63, 3.8) is 0 Å². The van der Waals surface area contributed by atoms with Crippen molar-refractivity contribution in [2.24, 2.45) is 5.41 Å². The van der Waals surface area contributed by atoms with Gasteiger partial charge in [-0.1, -0.05) is 18.9 Å². The third kappa shape index (κ3) is 2.99. The van der Waals surface area contributed by atoms with Crippen molar-refractivity contribution in [1.82, 2.24) is 0 Å². The van der Waals surface area contributed by atoms with Crippen LogP contribution >= 0.6 is 0 Å². The Balaban J connectivity index is 2.33. The number of anilines is 1. The Morgan fingerprint density at radius 3 is 2.81 bits per heavy atom. The fourth-order valence-electron chi connectivity index (χ4n) is 2.93. The van der Waals surface area contributed by atoms with Gasteiger partial charge in [0, 0.05) is 12.1 Å². The number of hydrogen-bond donors (Lipinski definition) is 2. The van der Waals surface area contributed by atoms with Crippen LogP contribution in [0.4, 0.5) is 11.4 Å². The molecule has 0 saturated heterocycles. The van der Waals surface area contributed by atoms with Gasteiger partial charge >= 0.3 is 5.97 Å². The normalized spacial score (nSPS) is 25.3. The average Bonchev–Trinajstić information content (AvgIpc) is 2.41. The maximum Gasteiger partial charge on any atom is 0.311 e. The molecule has 2 N–H and O–H groups in total. The molecule has 1 aromatic carbocycles. The highest BCUT2D eigenvalue weighted by Gasteiger charge is 2.43. The molecule has 0 bridgehead atoms. The Kier molecular flexibility index (Phi) is 4.16. The van der Waals surface area contributed by atoms with Crippen LogP contribution in [-0.2, 0) is 4.79 Å². The van der Waals surface area contributed by atoms with Gasteiger partial charge in [-0.05, 0) is 38.3 Å². The first kappa shape index (κ1) is 15.3. The van der Waals surface area contributed by atoms with Crippen LogP contribution in [-0.4, -0.2) is 22.0 Å². The highest BCUT2D eigenvalue weighted by Crippen LogP contribution is 2.39. The van der Waals surface area contributed by atoms with E-state index in [1.165, 1.54) is 6.07 Å². The van der Waals surface area contributed by atoms with Crippen LogP contribution in [0.25, 0.3) is 0 Å². The predicted octanol–water partition coefficient (Wildman–Crippen LogP) is 3.35. The maximum absolute atomic E-state index is 11.6. The number of nitro benzene ring substituents is 1. The summed E-state index contributed by atoms with van der Waals surface area (Å²) in [6, 6.07) is 4.54. The Morgan fingerprint density at radius 2 is 2.19 bits per heavy atom. The average molecular weight is 292 g/mol. The summed E-state index contributed by atoms with van der Waals surface area (Å²) in [6.45, 7) is 3.57. The minimum absolute atomic E-state index is 0.0149. The van der Waals surface area contributed by atoms with Crippen LogP contribution in [0.5, 0.6) is 0 Å². The standard InChI is InChI=1S/C15H20N2O4/c1-10-6-7-12(17(20)21)11(9-10)16-13-5-3-4-8-15(13,2)14(18)19/h6-7,9,13,16H,3-5,8H2,1-2H3,(H,18,19). The first-order valence-corrected chi connectivity index (χ1v) is 7.09. The highest BCUT2D eigenvalue weighted by molar-refractivity contribution is 5.76. The van der Waals surface area contributed by atoms with E-state index in [0.717, 1.165) is 18.4 Å². The van der Waals surface area contributed by atoms with Crippen LogP contribution < -0.4 is 5.32 Å². The summed E-state index contributed by atoms with van der Waals surface area (Å²) in [7, 11) is 0. The minimum atomic E-state index is -0.893. The molecule has 6 nitrogen and oxygen atoms in total. The smallest absolute Gasteiger partial charge is 0.311 e. The van der Waals surface area contributed by atoms with Gasteiger partial charge in [0.1, 0.15) is 5.69 Å². The lowest BCUT2D eigenvalue weighted by molar-refractivity contribution is -0.384. The van der Waals surface area contributed by atoms with Crippen molar-refractivity contribution < 1.29 is 14.8 Å². The minimum Gasteiger partial charge on any atom is -0.481 e. The number of rotatable bonds is 4. The number of nitrogens with one attached hydrogen (secondary N) is 1. The fraction of sp³-hybridized carbons (Fsp3) is 0.533. The molecule has 2 unspecified atom stereocenters. The fourth-order valence-corrected chi connectivity index (χ4v) is 2.93. The Bertz CT molecular complexity index is 573. The van der Waals surface area contributed by atoms with E-state index in [1.54, 1.807) is 19.1 Å². The molecule has 114 valence electrons. The second kappa shape index (κ2) is 5.71. The summed E-state index contributed by atoms with van der Waals surface area (Å²) in [4.78, 5) is 22.3. The third-order valence-electron chi connectivity index (χ3n) is 4.38. The Morgan fingerprint density at radius 1 is 1.48 bits per heavy atom. The molecule has 0 heterocycles. The quantitative estimate of drug-likeness (QED) is 0.655. The van der Waals surface area contributed by atoms with E-state index in [9.17, 15) is 20.0 Å². The topological polar surface area (TPSA) is 92.5 Å². The molecule has 0 aromatic heterocycles. The Labute approximate surface area is 123 Å². The number of hydrogen-bond acceptors (Lipinski definition) is 4. The maximum atomic E-state index is 11.6. The van der Waals surface area contributed by atoms with Gasteiger partial charge in [-0.15, -0.1) is 0 Å². The lowest BCUT2D eigenvalue weighted by Gasteiger charge is -2.38. The zero-order valence-corrected chi connectivity index (χ0v) is 12.3. The van der Waals surface area contributed by atoms with Crippen molar-refractivity contribution in [3.8, 4) is 0 Å². The van der Waals surface area contributed by atoms with Gasteiger partial charge in [0.25, 0.3) is 5.69 Å². The summed E-state index contributed by atoms with van der Waals surface area (Å²) in [5, 5.41) is 23.7. The van der Waals surface area contributed by atoms with Crippen LogP contribution in [0, 0.1) is 22.5 Å². The summed E-state index contributed by atoms with van der Waals surface area (Å²) >= 11 is 0. The number of benzene rings is 1. The molecule has 2 rings (SSSR count). The molecule has 1 fully saturated rings. The van der Waals surface area contributed by atoms with E-state index in [4.69, 9.17) is 0 Å². The number of nitro groups is 1. The van der Waals surface area contributed by atoms with E-state index >= 15 is 0 Å². The summed E-state index contributed by atoms with van der Waals surface area (Å²) in [6.07, 6.45) is 3.09. The van der Waals surface area contributed by atoms with E-state index in [1.807, 2.05) is 6.92 Å². The molecule has 0 aliphatic heterocycles. The van der Waals surface area contributed by atoms with Gasteiger partial charge < -0.3 is 10.4 Å². The van der Waals surface area contributed by atoms with Crippen molar-refractivity contribution in [2.45, 2.75) is 45.6 Å². The lowest BCUT2D eigenvalue weighted by Crippen LogP contribution is -2.46. The first-order valence-electron chi connectivity index (χ1n) is 7.09. The van der Waals surface area contributed by atoms with Gasteiger partial charge in [-0.2, -0.15) is 0 Å². The number of nitrogens with zero attached hydrogens (tertiary/aromatic N) is 1. The van der Waals surface area contributed by atoms with Crippen LogP contribution in [0.15, 0.2) is 18.2 Å². The van der Waals surface area contributed by atoms with Crippen LogP contribution in [0.3, 0.4) is 0 Å². The molecule has 0 amide bonds. The van der Waals surface area contributed by atoms with Gasteiger partial charge in [-0.25, -0.2) is 0 Å². The molecule has 0 radical (unpaired) electrons. The molecule has 1 aromatic rings. The third-order valence-corrected chi connectivity index (χ3v) is 4.38. The molecular formula is C15H20N2O4. The summed E-state index contributed by atoms with van der Waals surface area (Å²) in [5.41, 5.74) is 0.393. The molecule has 6 heteroatoms. The van der Waals surface area contributed by atoms with Crippen molar-refractivity contribution >= 4 is 17.3 Å². The van der Waals surface area contributed by atoms with Crippen molar-refractivity contribution in [1.29, 1.82) is 0 Å². The first-order chi connectivity index (χ1) is 9.84. The van der Waals surface area contributed by atoms with Gasteiger partial charge in [0.15, 0.2) is 0 Å². The van der Waals surface area contributed by atoms with Crippen LogP contribution in [0.1, 0.15) is 38.2 Å². The zero-order valence-electron chi connectivity index (χ0n) is 12.3. The number of carboxylic acids is 1. The number of carbonyl (C=O) groups is 1. The molecule has 0 spiro atoms. The molecule has 1 aliphatic carbocycles. The predicted molar refractivity (Wildman–Crippen MR) is 79.5 cm³/mol. The highest BCUT2D eigenvalue weighted by atomic mass is 16.6. The zero-order chi connectivity index (χ0) is 15.6. The van der Waals surface area contributed by atoms with Crippen molar-refractivity contribution in [2.75, 3.05) is 5.32 Å². The molecular weight excluding hydrogens is 272 g/mol. The molecule has 1 saturated carbocycles. The van der Waals surface area contributed by atoms with Gasteiger partial charge in [0.05, 0.1) is 10.3 Å². The lowest BCUT2D eigenvalue weighted by atomic mass is 9.71. The largest absolute Gasteiger partial charge is 0.481 e. The number of aliphatic carboxylic acids is 1. The number of carboxylic acid groups (broad SMARTS) is 1.